The van der Waals surface area contributed by atoms with E-state index in [0.717, 1.165) is 12.8 Å². The van der Waals surface area contributed by atoms with Crippen molar-refractivity contribution < 1.29 is 9.53 Å². The van der Waals surface area contributed by atoms with Crippen LogP contribution in [0.4, 0.5) is 0 Å². The van der Waals surface area contributed by atoms with E-state index in [2.05, 4.69) is 17.6 Å². The second-order valence-corrected chi connectivity index (χ2v) is 4.65. The first kappa shape index (κ1) is 16.4. The number of amides is 1. The minimum Gasteiger partial charge on any atom is -0.380 e. The number of carbonyl (C=O) groups is 1. The zero-order chi connectivity index (χ0) is 13.3. The van der Waals surface area contributed by atoms with Gasteiger partial charge in [-0.3, -0.25) is 4.79 Å². The molecule has 17 heavy (non-hydrogen) atoms. The first-order chi connectivity index (χ1) is 8.01. The number of carbonyl (C=O) groups excluding carboxylic acids is 1. The summed E-state index contributed by atoms with van der Waals surface area (Å²) in [4.78, 5) is 11.8. The lowest BCUT2D eigenvalue weighted by Gasteiger charge is -2.21. The van der Waals surface area contributed by atoms with E-state index >= 15 is 0 Å². The summed E-state index contributed by atoms with van der Waals surface area (Å²) in [6.07, 6.45) is 2.11. The molecule has 3 atom stereocenters. The Kier molecular flexibility index (Phi) is 9.09. The minimum atomic E-state index is -0.176. The molecule has 4 heteroatoms. The van der Waals surface area contributed by atoms with Crippen LogP contribution in [0.5, 0.6) is 0 Å². The van der Waals surface area contributed by atoms with Gasteiger partial charge >= 0.3 is 0 Å². The normalized spacial score (nSPS) is 16.3. The maximum absolute atomic E-state index is 11.8. The fourth-order valence-electron chi connectivity index (χ4n) is 1.72. The zero-order valence-electron chi connectivity index (χ0n) is 11.9. The molecule has 4 nitrogen and oxygen atoms in total. The molecular formula is C13H28N2O2. The van der Waals surface area contributed by atoms with Crippen molar-refractivity contribution in [3.05, 3.63) is 0 Å². The van der Waals surface area contributed by atoms with Crippen molar-refractivity contribution in [3.8, 4) is 0 Å². The molecule has 0 fully saturated rings. The Morgan fingerprint density at radius 1 is 1.18 bits per heavy atom. The summed E-state index contributed by atoms with van der Waals surface area (Å²) >= 11 is 0. The third-order valence-electron chi connectivity index (χ3n) is 2.61. The molecule has 1 amide bonds. The van der Waals surface area contributed by atoms with Crippen LogP contribution >= 0.6 is 0 Å². The van der Waals surface area contributed by atoms with Gasteiger partial charge in [0.1, 0.15) is 0 Å². The summed E-state index contributed by atoms with van der Waals surface area (Å²) in [6.45, 7) is 11.4. The number of rotatable bonds is 9. The van der Waals surface area contributed by atoms with Crippen molar-refractivity contribution in [1.82, 2.24) is 10.6 Å². The Bertz CT molecular complexity index is 210. The van der Waals surface area contributed by atoms with Gasteiger partial charge in [0.15, 0.2) is 0 Å². The predicted octanol–water partition coefficient (Wildman–Crippen LogP) is 1.69. The summed E-state index contributed by atoms with van der Waals surface area (Å²) < 4.78 is 5.30. The van der Waals surface area contributed by atoms with E-state index < -0.39 is 0 Å². The zero-order valence-corrected chi connectivity index (χ0v) is 11.9. The van der Waals surface area contributed by atoms with Crippen LogP contribution in [0.3, 0.4) is 0 Å². The third-order valence-corrected chi connectivity index (χ3v) is 2.61. The SMILES string of the molecule is CCCC(C)NC(=O)C(C)NC(C)COCC. The Labute approximate surface area is 105 Å². The van der Waals surface area contributed by atoms with Gasteiger partial charge in [0, 0.05) is 18.7 Å². The van der Waals surface area contributed by atoms with Gasteiger partial charge in [-0.15, -0.1) is 0 Å². The molecule has 0 spiro atoms. The van der Waals surface area contributed by atoms with E-state index in [4.69, 9.17) is 4.74 Å². The Morgan fingerprint density at radius 2 is 1.82 bits per heavy atom. The summed E-state index contributed by atoms with van der Waals surface area (Å²) in [6, 6.07) is 0.265. The first-order valence-corrected chi connectivity index (χ1v) is 6.65. The van der Waals surface area contributed by atoms with Crippen molar-refractivity contribution in [2.75, 3.05) is 13.2 Å². The molecule has 0 aliphatic rings. The lowest BCUT2D eigenvalue weighted by Crippen LogP contribution is -2.49. The third kappa shape index (κ3) is 8.16. The van der Waals surface area contributed by atoms with Gasteiger partial charge in [0.25, 0.3) is 0 Å². The fourth-order valence-corrected chi connectivity index (χ4v) is 1.72. The maximum atomic E-state index is 11.8. The van der Waals surface area contributed by atoms with Crippen molar-refractivity contribution in [3.63, 3.8) is 0 Å². The average molecular weight is 244 g/mol. The standard InChI is InChI=1S/C13H28N2O2/c1-6-8-10(3)15-13(16)12(5)14-11(4)9-17-7-2/h10-12,14H,6-9H2,1-5H3,(H,15,16). The fraction of sp³-hybridized carbons (Fsp3) is 0.923. The molecule has 0 aliphatic carbocycles. The van der Waals surface area contributed by atoms with Crippen LogP contribution in [0, 0.1) is 0 Å². The van der Waals surface area contributed by atoms with Gasteiger partial charge in [-0.1, -0.05) is 13.3 Å². The van der Waals surface area contributed by atoms with Crippen LogP contribution in [-0.4, -0.2) is 37.2 Å². The highest BCUT2D eigenvalue weighted by Gasteiger charge is 2.16. The van der Waals surface area contributed by atoms with Gasteiger partial charge in [-0.25, -0.2) is 0 Å². The maximum Gasteiger partial charge on any atom is 0.237 e. The summed E-state index contributed by atoms with van der Waals surface area (Å²) in [5.74, 6) is 0.0642. The van der Waals surface area contributed by atoms with Crippen LogP contribution in [0.1, 0.15) is 47.5 Å². The summed E-state index contributed by atoms with van der Waals surface area (Å²) in [5.41, 5.74) is 0. The first-order valence-electron chi connectivity index (χ1n) is 6.65. The lowest BCUT2D eigenvalue weighted by atomic mass is 10.2. The molecule has 2 N–H and O–H groups in total. The van der Waals surface area contributed by atoms with Gasteiger partial charge in [-0.2, -0.15) is 0 Å². The molecule has 0 radical (unpaired) electrons. The van der Waals surface area contributed by atoms with E-state index in [1.807, 2.05) is 27.7 Å². The molecule has 3 unspecified atom stereocenters. The van der Waals surface area contributed by atoms with E-state index in [1.165, 1.54) is 0 Å². The van der Waals surface area contributed by atoms with Gasteiger partial charge < -0.3 is 15.4 Å². The number of ether oxygens (including phenoxy) is 1. The molecule has 102 valence electrons. The molecule has 0 heterocycles. The summed E-state index contributed by atoms with van der Waals surface area (Å²) in [5, 5.41) is 6.22. The van der Waals surface area contributed by atoms with E-state index in [0.29, 0.717) is 13.2 Å². The molecule has 0 saturated heterocycles. The molecule has 0 aromatic carbocycles. The molecule has 0 aromatic rings. The molecule has 0 aliphatic heterocycles. The van der Waals surface area contributed by atoms with Gasteiger partial charge in [0.05, 0.1) is 12.6 Å². The van der Waals surface area contributed by atoms with Crippen LogP contribution in [0.25, 0.3) is 0 Å². The largest absolute Gasteiger partial charge is 0.380 e. The molecule has 0 bridgehead atoms. The predicted molar refractivity (Wildman–Crippen MR) is 71.1 cm³/mol. The highest BCUT2D eigenvalue weighted by molar-refractivity contribution is 5.81. The van der Waals surface area contributed by atoms with Crippen molar-refractivity contribution >= 4 is 5.91 Å². The Hall–Kier alpha value is -0.610. The highest BCUT2D eigenvalue weighted by Crippen LogP contribution is 1.96. The summed E-state index contributed by atoms with van der Waals surface area (Å²) in [7, 11) is 0. The monoisotopic (exact) mass is 244 g/mol. The Balaban J connectivity index is 3.87. The van der Waals surface area contributed by atoms with E-state index in [-0.39, 0.29) is 24.0 Å². The number of nitrogens with one attached hydrogen (secondary N) is 2. The van der Waals surface area contributed by atoms with Crippen LogP contribution in [-0.2, 0) is 9.53 Å². The van der Waals surface area contributed by atoms with Gasteiger partial charge in [-0.05, 0) is 34.1 Å². The number of hydrogen-bond acceptors (Lipinski definition) is 3. The lowest BCUT2D eigenvalue weighted by molar-refractivity contribution is -0.123. The van der Waals surface area contributed by atoms with Crippen LogP contribution < -0.4 is 10.6 Å². The second kappa shape index (κ2) is 9.42. The molecular weight excluding hydrogens is 216 g/mol. The van der Waals surface area contributed by atoms with Crippen LogP contribution in [0.2, 0.25) is 0 Å². The van der Waals surface area contributed by atoms with Crippen molar-refractivity contribution in [2.24, 2.45) is 0 Å². The van der Waals surface area contributed by atoms with Crippen molar-refractivity contribution in [1.29, 1.82) is 0 Å². The van der Waals surface area contributed by atoms with E-state index in [1.54, 1.807) is 0 Å². The topological polar surface area (TPSA) is 50.4 Å². The number of hydrogen-bond donors (Lipinski definition) is 2. The molecule has 0 aromatic heterocycles. The van der Waals surface area contributed by atoms with Gasteiger partial charge in [0.2, 0.25) is 5.91 Å². The minimum absolute atomic E-state index is 0.0642. The average Bonchev–Trinajstić information content (AvgIpc) is 2.26. The Morgan fingerprint density at radius 3 is 2.35 bits per heavy atom. The van der Waals surface area contributed by atoms with Crippen LogP contribution in [0.15, 0.2) is 0 Å². The quantitative estimate of drug-likeness (QED) is 0.649. The van der Waals surface area contributed by atoms with E-state index in [9.17, 15) is 4.79 Å². The molecule has 0 saturated carbocycles. The smallest absolute Gasteiger partial charge is 0.237 e. The second-order valence-electron chi connectivity index (χ2n) is 4.65. The van der Waals surface area contributed by atoms with Crippen molar-refractivity contribution in [2.45, 2.75) is 65.6 Å². The molecule has 0 rings (SSSR count). The highest BCUT2D eigenvalue weighted by atomic mass is 16.5.